The van der Waals surface area contributed by atoms with Crippen LogP contribution in [0.2, 0.25) is 0 Å². The number of hydrogen-bond donors (Lipinski definition) is 1. The minimum absolute atomic E-state index is 0.185. The summed E-state index contributed by atoms with van der Waals surface area (Å²) in [5.74, 6) is -1.59. The number of carbonyl (C=O) groups excluding carboxylic acids is 2. The molecule has 0 fully saturated rings. The average Bonchev–Trinajstić information content (AvgIpc) is 2.48. The highest BCUT2D eigenvalue weighted by atomic mass is 79.9. The third-order valence-electron chi connectivity index (χ3n) is 2.56. The van der Waals surface area contributed by atoms with Crippen molar-refractivity contribution in [2.75, 3.05) is 11.9 Å². The number of rotatable bonds is 4. The highest BCUT2D eigenvalue weighted by molar-refractivity contribution is 9.10. The van der Waals surface area contributed by atoms with E-state index in [1.165, 1.54) is 12.1 Å². The van der Waals surface area contributed by atoms with Gasteiger partial charge in [0.25, 0.3) is 5.91 Å². The predicted molar refractivity (Wildman–Crippen MR) is 79.5 cm³/mol. The van der Waals surface area contributed by atoms with Crippen LogP contribution in [0.15, 0.2) is 53.0 Å². The molecule has 1 N–H and O–H groups in total. The molecule has 6 heteroatoms. The fourth-order valence-corrected chi connectivity index (χ4v) is 1.93. The number of anilines is 1. The van der Waals surface area contributed by atoms with E-state index in [9.17, 15) is 14.0 Å². The molecule has 0 aromatic heterocycles. The molecule has 0 bridgehead atoms. The van der Waals surface area contributed by atoms with Gasteiger partial charge in [-0.25, -0.2) is 9.18 Å². The first-order chi connectivity index (χ1) is 10.1. The molecule has 0 saturated carbocycles. The van der Waals surface area contributed by atoms with Crippen LogP contribution in [0, 0.1) is 5.82 Å². The van der Waals surface area contributed by atoms with Gasteiger partial charge in [0, 0.05) is 4.47 Å². The average molecular weight is 352 g/mol. The van der Waals surface area contributed by atoms with Crippen molar-refractivity contribution in [2.45, 2.75) is 0 Å². The maximum atomic E-state index is 12.7. The Bertz CT molecular complexity index is 658. The fourth-order valence-electron chi connectivity index (χ4n) is 1.55. The van der Waals surface area contributed by atoms with Crippen molar-refractivity contribution in [3.8, 4) is 0 Å². The highest BCUT2D eigenvalue weighted by Gasteiger charge is 2.11. The number of amides is 1. The lowest BCUT2D eigenvalue weighted by atomic mass is 10.2. The largest absolute Gasteiger partial charge is 0.452 e. The second-order valence-electron chi connectivity index (χ2n) is 4.11. The first-order valence-electron chi connectivity index (χ1n) is 6.03. The van der Waals surface area contributed by atoms with Crippen molar-refractivity contribution in [1.29, 1.82) is 0 Å². The van der Waals surface area contributed by atoms with Crippen molar-refractivity contribution in [1.82, 2.24) is 0 Å². The summed E-state index contributed by atoms with van der Waals surface area (Å²) in [6, 6.07) is 12.0. The van der Waals surface area contributed by atoms with E-state index in [1.54, 1.807) is 18.2 Å². The zero-order valence-corrected chi connectivity index (χ0v) is 12.4. The molecule has 0 aliphatic carbocycles. The highest BCUT2D eigenvalue weighted by Crippen LogP contribution is 2.20. The third kappa shape index (κ3) is 4.39. The standard InChI is InChI=1S/C15H11BrFNO3/c16-12-3-1-2-4-13(12)18-14(19)9-21-15(20)10-5-7-11(17)8-6-10/h1-8H,9H2,(H,18,19). The Balaban J connectivity index is 1.88. The summed E-state index contributed by atoms with van der Waals surface area (Å²) in [6.07, 6.45) is 0. The number of halogens is 2. The first-order valence-corrected chi connectivity index (χ1v) is 6.82. The smallest absolute Gasteiger partial charge is 0.338 e. The lowest BCUT2D eigenvalue weighted by Crippen LogP contribution is -2.21. The van der Waals surface area contributed by atoms with E-state index >= 15 is 0 Å². The van der Waals surface area contributed by atoms with Crippen LogP contribution >= 0.6 is 15.9 Å². The second-order valence-corrected chi connectivity index (χ2v) is 4.97. The summed E-state index contributed by atoms with van der Waals surface area (Å²) in [6.45, 7) is -0.419. The normalized spacial score (nSPS) is 10.0. The Labute approximate surface area is 129 Å². The molecule has 2 aromatic carbocycles. The number of esters is 1. The van der Waals surface area contributed by atoms with Crippen LogP contribution in [0.1, 0.15) is 10.4 Å². The Morgan fingerprint density at radius 3 is 2.43 bits per heavy atom. The summed E-state index contributed by atoms with van der Waals surface area (Å²) >= 11 is 3.29. The van der Waals surface area contributed by atoms with E-state index in [0.29, 0.717) is 5.69 Å². The minimum atomic E-state index is -0.683. The number of ether oxygens (including phenoxy) is 1. The molecule has 0 atom stereocenters. The van der Waals surface area contributed by atoms with Gasteiger partial charge in [-0.3, -0.25) is 4.79 Å². The van der Waals surface area contributed by atoms with Crippen molar-refractivity contribution < 1.29 is 18.7 Å². The molecule has 21 heavy (non-hydrogen) atoms. The summed E-state index contributed by atoms with van der Waals surface area (Å²) in [4.78, 5) is 23.3. The van der Waals surface area contributed by atoms with Gasteiger partial charge >= 0.3 is 5.97 Å². The Kier molecular flexibility index (Phi) is 5.05. The van der Waals surface area contributed by atoms with E-state index in [0.717, 1.165) is 16.6 Å². The van der Waals surface area contributed by atoms with Crippen molar-refractivity contribution >= 4 is 33.5 Å². The lowest BCUT2D eigenvalue weighted by Gasteiger charge is -2.08. The molecule has 4 nitrogen and oxygen atoms in total. The predicted octanol–water partition coefficient (Wildman–Crippen LogP) is 3.38. The van der Waals surface area contributed by atoms with Gasteiger partial charge in [0.1, 0.15) is 5.82 Å². The van der Waals surface area contributed by atoms with Gasteiger partial charge in [-0.15, -0.1) is 0 Å². The van der Waals surface area contributed by atoms with Crippen molar-refractivity contribution in [3.05, 3.63) is 64.4 Å². The molecule has 0 heterocycles. The molecule has 108 valence electrons. The van der Waals surface area contributed by atoms with Gasteiger partial charge in [0.15, 0.2) is 6.61 Å². The molecule has 2 rings (SSSR count). The van der Waals surface area contributed by atoms with E-state index in [1.807, 2.05) is 6.07 Å². The zero-order chi connectivity index (χ0) is 15.2. The number of nitrogens with one attached hydrogen (secondary N) is 1. The summed E-state index contributed by atoms with van der Waals surface area (Å²) in [5.41, 5.74) is 0.769. The molecule has 0 radical (unpaired) electrons. The molecule has 0 spiro atoms. The van der Waals surface area contributed by atoms with E-state index in [2.05, 4.69) is 21.2 Å². The van der Waals surface area contributed by atoms with Gasteiger partial charge in [-0.1, -0.05) is 12.1 Å². The molecule has 2 aromatic rings. The van der Waals surface area contributed by atoms with E-state index in [4.69, 9.17) is 4.74 Å². The number of hydrogen-bond acceptors (Lipinski definition) is 3. The Morgan fingerprint density at radius 2 is 1.76 bits per heavy atom. The molecule has 0 saturated heterocycles. The molecule has 0 aliphatic rings. The van der Waals surface area contributed by atoms with Crippen LogP contribution in [0.25, 0.3) is 0 Å². The quantitative estimate of drug-likeness (QED) is 0.859. The molecule has 1 amide bonds. The SMILES string of the molecule is O=C(COC(=O)c1ccc(F)cc1)Nc1ccccc1Br. The minimum Gasteiger partial charge on any atom is -0.452 e. The second kappa shape index (κ2) is 6.99. The van der Waals surface area contributed by atoms with Crippen LogP contribution in [-0.4, -0.2) is 18.5 Å². The number of benzene rings is 2. The summed E-state index contributed by atoms with van der Waals surface area (Å²) in [5, 5.41) is 2.60. The Hall–Kier alpha value is -2.21. The number of carbonyl (C=O) groups is 2. The van der Waals surface area contributed by atoms with Crippen LogP contribution in [0.5, 0.6) is 0 Å². The molecular weight excluding hydrogens is 341 g/mol. The van der Waals surface area contributed by atoms with Crippen LogP contribution < -0.4 is 5.32 Å². The first kappa shape index (κ1) is 15.2. The van der Waals surface area contributed by atoms with Crippen LogP contribution in [0.4, 0.5) is 10.1 Å². The third-order valence-corrected chi connectivity index (χ3v) is 3.25. The van der Waals surface area contributed by atoms with Gasteiger partial charge in [-0.05, 0) is 52.3 Å². The van der Waals surface area contributed by atoms with E-state index in [-0.39, 0.29) is 5.56 Å². The van der Waals surface area contributed by atoms with Crippen molar-refractivity contribution in [3.63, 3.8) is 0 Å². The molecule has 0 unspecified atom stereocenters. The van der Waals surface area contributed by atoms with Crippen LogP contribution in [0.3, 0.4) is 0 Å². The van der Waals surface area contributed by atoms with Crippen molar-refractivity contribution in [2.24, 2.45) is 0 Å². The van der Waals surface area contributed by atoms with Gasteiger partial charge in [0.05, 0.1) is 11.3 Å². The maximum Gasteiger partial charge on any atom is 0.338 e. The summed E-state index contributed by atoms with van der Waals surface area (Å²) < 4.78 is 18.3. The number of para-hydroxylation sites is 1. The lowest BCUT2D eigenvalue weighted by molar-refractivity contribution is -0.119. The van der Waals surface area contributed by atoms with Gasteiger partial charge in [0.2, 0.25) is 0 Å². The summed E-state index contributed by atoms with van der Waals surface area (Å²) in [7, 11) is 0. The van der Waals surface area contributed by atoms with E-state index < -0.39 is 24.3 Å². The van der Waals surface area contributed by atoms with Crippen LogP contribution in [-0.2, 0) is 9.53 Å². The zero-order valence-electron chi connectivity index (χ0n) is 10.8. The monoisotopic (exact) mass is 351 g/mol. The van der Waals surface area contributed by atoms with Gasteiger partial charge < -0.3 is 10.1 Å². The topological polar surface area (TPSA) is 55.4 Å². The maximum absolute atomic E-state index is 12.7. The molecule has 0 aliphatic heterocycles. The van der Waals surface area contributed by atoms with Gasteiger partial charge in [-0.2, -0.15) is 0 Å². The fraction of sp³-hybridized carbons (Fsp3) is 0.0667. The molecular formula is C15H11BrFNO3. The Morgan fingerprint density at radius 1 is 1.10 bits per heavy atom.